The van der Waals surface area contributed by atoms with Crippen LogP contribution in [0.15, 0.2) is 36.7 Å². The van der Waals surface area contributed by atoms with E-state index in [9.17, 15) is 17.9 Å². The number of nitrogens with zero attached hydrogens (tertiary/aromatic N) is 5. The fourth-order valence-corrected chi connectivity index (χ4v) is 6.70. The fourth-order valence-electron chi connectivity index (χ4n) is 5.54. The molecule has 9 nitrogen and oxygen atoms in total. The van der Waals surface area contributed by atoms with E-state index < -0.39 is 21.6 Å². The van der Waals surface area contributed by atoms with Crippen LogP contribution in [0.2, 0.25) is 0 Å². The highest BCUT2D eigenvalue weighted by atomic mass is 32.2. The molecule has 0 radical (unpaired) electrons. The average molecular weight is 557 g/mol. The van der Waals surface area contributed by atoms with Crippen molar-refractivity contribution in [1.82, 2.24) is 15.0 Å². The van der Waals surface area contributed by atoms with Gasteiger partial charge in [-0.2, -0.15) is 4.98 Å². The monoisotopic (exact) mass is 556 g/mol. The van der Waals surface area contributed by atoms with E-state index in [1.54, 1.807) is 17.2 Å². The summed E-state index contributed by atoms with van der Waals surface area (Å²) in [6.07, 6.45) is 3.70. The van der Waals surface area contributed by atoms with Crippen molar-refractivity contribution >= 4 is 43.9 Å². The van der Waals surface area contributed by atoms with E-state index in [-0.39, 0.29) is 24.3 Å². The molecule has 11 heteroatoms. The second kappa shape index (κ2) is 10.2. The van der Waals surface area contributed by atoms with Crippen LogP contribution in [-0.4, -0.2) is 77.9 Å². The Kier molecular flexibility index (Phi) is 7.17. The van der Waals surface area contributed by atoms with E-state index in [1.165, 1.54) is 18.7 Å². The molecule has 210 valence electrons. The molecule has 2 N–H and O–H groups in total. The molecule has 3 aromatic rings. The smallest absolute Gasteiger partial charge is 0.227 e. The summed E-state index contributed by atoms with van der Waals surface area (Å²) in [5.74, 6) is 2.17. The summed E-state index contributed by atoms with van der Waals surface area (Å²) in [5, 5.41) is 15.5. The Labute approximate surface area is 229 Å². The van der Waals surface area contributed by atoms with Gasteiger partial charge in [0.15, 0.2) is 0 Å². The lowest BCUT2D eigenvalue weighted by atomic mass is 9.88. The summed E-state index contributed by atoms with van der Waals surface area (Å²) >= 11 is 0. The SMILES string of the molecule is CC(C)c1ccc(N2C[C@@H](CS(C)(=O)=O)[C@H]2C)c2cnc(Nc3ccnc(N4CC[C@](C)(O)[C@H](F)C4)n3)cc12. The second-order valence-corrected chi connectivity index (χ2v) is 13.8. The molecular weight excluding hydrogens is 519 g/mol. The van der Waals surface area contributed by atoms with Crippen LogP contribution in [0.25, 0.3) is 10.8 Å². The van der Waals surface area contributed by atoms with Crippen molar-refractivity contribution in [1.29, 1.82) is 0 Å². The van der Waals surface area contributed by atoms with Gasteiger partial charge >= 0.3 is 0 Å². The first-order chi connectivity index (χ1) is 18.3. The molecule has 4 atom stereocenters. The molecule has 2 aliphatic rings. The number of alkyl halides is 1. The van der Waals surface area contributed by atoms with Crippen LogP contribution in [0.1, 0.15) is 45.6 Å². The summed E-state index contributed by atoms with van der Waals surface area (Å²) in [4.78, 5) is 17.6. The largest absolute Gasteiger partial charge is 0.387 e. The molecule has 5 rings (SSSR count). The molecule has 0 spiro atoms. The van der Waals surface area contributed by atoms with Gasteiger partial charge < -0.3 is 20.2 Å². The predicted molar refractivity (Wildman–Crippen MR) is 154 cm³/mol. The van der Waals surface area contributed by atoms with Crippen LogP contribution >= 0.6 is 0 Å². The highest BCUT2D eigenvalue weighted by Crippen LogP contribution is 2.39. The van der Waals surface area contributed by atoms with Gasteiger partial charge in [-0.25, -0.2) is 22.8 Å². The number of piperidine rings is 1. The first-order valence-electron chi connectivity index (χ1n) is 13.4. The van der Waals surface area contributed by atoms with Gasteiger partial charge in [0, 0.05) is 54.8 Å². The number of benzene rings is 1. The minimum atomic E-state index is -3.03. The highest BCUT2D eigenvalue weighted by molar-refractivity contribution is 7.90. The summed E-state index contributed by atoms with van der Waals surface area (Å²) in [6, 6.07) is 8.14. The summed E-state index contributed by atoms with van der Waals surface area (Å²) in [7, 11) is -3.03. The number of halogens is 1. The molecule has 39 heavy (non-hydrogen) atoms. The second-order valence-electron chi connectivity index (χ2n) is 11.6. The van der Waals surface area contributed by atoms with Crippen molar-refractivity contribution in [3.05, 3.63) is 42.2 Å². The fraction of sp³-hybridized carbons (Fsp3) is 0.536. The van der Waals surface area contributed by atoms with Crippen molar-refractivity contribution in [2.24, 2.45) is 5.92 Å². The quantitative estimate of drug-likeness (QED) is 0.445. The molecule has 1 aromatic carbocycles. The van der Waals surface area contributed by atoms with E-state index in [0.717, 1.165) is 16.5 Å². The number of aliphatic hydroxyl groups is 1. The topological polar surface area (TPSA) is 112 Å². The first kappa shape index (κ1) is 27.5. The number of fused-ring (bicyclic) bond motifs is 1. The van der Waals surface area contributed by atoms with Gasteiger partial charge in [-0.3, -0.25) is 0 Å². The van der Waals surface area contributed by atoms with Gasteiger partial charge in [-0.1, -0.05) is 19.9 Å². The van der Waals surface area contributed by atoms with Crippen LogP contribution in [-0.2, 0) is 9.84 Å². The number of aromatic nitrogens is 3. The Morgan fingerprint density at radius 1 is 1.18 bits per heavy atom. The molecule has 2 aliphatic heterocycles. The number of hydrogen-bond donors (Lipinski definition) is 2. The zero-order chi connectivity index (χ0) is 28.1. The number of anilines is 4. The Balaban J connectivity index is 1.40. The molecule has 4 heterocycles. The lowest BCUT2D eigenvalue weighted by molar-refractivity contribution is -0.0332. The summed E-state index contributed by atoms with van der Waals surface area (Å²) in [5.41, 5.74) is 0.908. The Hall–Kier alpha value is -3.05. The molecule has 0 aliphatic carbocycles. The third-order valence-corrected chi connectivity index (χ3v) is 9.12. The Morgan fingerprint density at radius 2 is 1.95 bits per heavy atom. The molecule has 2 fully saturated rings. The van der Waals surface area contributed by atoms with Gasteiger partial charge in [0.1, 0.15) is 27.6 Å². The highest BCUT2D eigenvalue weighted by Gasteiger charge is 2.39. The van der Waals surface area contributed by atoms with Gasteiger partial charge in [-0.05, 0) is 55.3 Å². The predicted octanol–water partition coefficient (Wildman–Crippen LogP) is 4.06. The lowest BCUT2D eigenvalue weighted by Crippen LogP contribution is -2.57. The van der Waals surface area contributed by atoms with E-state index in [0.29, 0.717) is 43.0 Å². The number of nitrogens with one attached hydrogen (secondary N) is 1. The molecule has 0 bridgehead atoms. The van der Waals surface area contributed by atoms with Crippen molar-refractivity contribution < 1.29 is 17.9 Å². The maximum Gasteiger partial charge on any atom is 0.227 e. The normalized spacial score (nSPS) is 25.7. The van der Waals surface area contributed by atoms with Gasteiger partial charge in [-0.15, -0.1) is 0 Å². The van der Waals surface area contributed by atoms with Crippen LogP contribution in [0.4, 0.5) is 27.7 Å². The van der Waals surface area contributed by atoms with E-state index >= 15 is 0 Å². The Bertz CT molecular complexity index is 1480. The van der Waals surface area contributed by atoms with Gasteiger partial charge in [0.2, 0.25) is 5.95 Å². The Morgan fingerprint density at radius 3 is 2.62 bits per heavy atom. The van der Waals surface area contributed by atoms with Crippen LogP contribution in [0, 0.1) is 5.92 Å². The van der Waals surface area contributed by atoms with Crippen molar-refractivity contribution in [2.75, 3.05) is 46.8 Å². The van der Waals surface area contributed by atoms with Crippen molar-refractivity contribution in [2.45, 2.75) is 57.8 Å². The van der Waals surface area contributed by atoms with Crippen molar-refractivity contribution in [3.8, 4) is 0 Å². The maximum absolute atomic E-state index is 14.4. The molecule has 0 unspecified atom stereocenters. The van der Waals surface area contributed by atoms with Crippen LogP contribution in [0.5, 0.6) is 0 Å². The van der Waals surface area contributed by atoms with Crippen molar-refractivity contribution in [3.63, 3.8) is 0 Å². The summed E-state index contributed by atoms with van der Waals surface area (Å²) in [6.45, 7) is 9.09. The van der Waals surface area contributed by atoms with Crippen LogP contribution < -0.4 is 15.1 Å². The zero-order valence-electron chi connectivity index (χ0n) is 23.1. The number of hydrogen-bond acceptors (Lipinski definition) is 9. The molecule has 0 amide bonds. The average Bonchev–Trinajstić information content (AvgIpc) is 2.86. The first-order valence-corrected chi connectivity index (χ1v) is 15.5. The number of rotatable bonds is 7. The standard InChI is InChI=1S/C28H37FN6O3S/c1-17(2)20-6-7-23(35-14-19(18(35)3)16-39(5,37)38)22-13-31-26(12-21(20)22)32-25-8-10-30-27(33-25)34-11-9-28(4,36)24(29)15-34/h6-8,10,12-13,17-19,24,36H,9,11,14-16H2,1-5H3,(H,30,31,32,33)/t18-,19+,24-,28+/m1/s1. The number of pyridine rings is 1. The minimum Gasteiger partial charge on any atom is -0.387 e. The maximum atomic E-state index is 14.4. The van der Waals surface area contributed by atoms with Gasteiger partial charge in [0.05, 0.1) is 17.9 Å². The molecular formula is C28H37FN6O3S. The van der Waals surface area contributed by atoms with E-state index in [1.807, 2.05) is 12.3 Å². The number of sulfone groups is 1. The van der Waals surface area contributed by atoms with E-state index in [2.05, 4.69) is 58.1 Å². The molecule has 0 saturated carbocycles. The minimum absolute atomic E-state index is 0.0329. The van der Waals surface area contributed by atoms with Crippen LogP contribution in [0.3, 0.4) is 0 Å². The molecule has 2 saturated heterocycles. The third kappa shape index (κ3) is 5.65. The molecule has 2 aromatic heterocycles. The van der Waals surface area contributed by atoms with E-state index in [4.69, 9.17) is 0 Å². The summed E-state index contributed by atoms with van der Waals surface area (Å²) < 4.78 is 38.1. The third-order valence-electron chi connectivity index (χ3n) is 8.09. The lowest BCUT2D eigenvalue weighted by Gasteiger charge is -2.48. The van der Waals surface area contributed by atoms with Gasteiger partial charge in [0.25, 0.3) is 0 Å². The zero-order valence-corrected chi connectivity index (χ0v) is 23.9.